The summed E-state index contributed by atoms with van der Waals surface area (Å²) in [5.41, 5.74) is 0. The van der Waals surface area contributed by atoms with Gasteiger partial charge in [-0.15, -0.1) is 0 Å². The van der Waals surface area contributed by atoms with Crippen molar-refractivity contribution in [3.63, 3.8) is 0 Å². The molecule has 0 unspecified atom stereocenters. The zero-order valence-electron chi connectivity index (χ0n) is 10.7. The smallest absolute Gasteiger partial charge is 0.123 e. The summed E-state index contributed by atoms with van der Waals surface area (Å²) >= 11 is 0. The predicted molar refractivity (Wildman–Crippen MR) is 66.4 cm³/mol. The molecule has 1 aliphatic heterocycles. The van der Waals surface area contributed by atoms with Crippen LogP contribution in [0, 0.1) is 5.92 Å². The van der Waals surface area contributed by atoms with Crippen molar-refractivity contribution in [2.24, 2.45) is 5.92 Å². The lowest BCUT2D eigenvalue weighted by Crippen LogP contribution is -2.52. The summed E-state index contributed by atoms with van der Waals surface area (Å²) in [5, 5.41) is 0. The molecular formula is C14H25NO. The number of rotatable bonds is 2. The fraction of sp³-hybridized carbons (Fsp3) is 0.929. The van der Waals surface area contributed by atoms with Gasteiger partial charge in [-0.1, -0.05) is 19.3 Å². The van der Waals surface area contributed by atoms with E-state index < -0.39 is 0 Å². The number of hydrogen-bond donors (Lipinski definition) is 0. The third kappa shape index (κ3) is 2.48. The molecule has 2 heteroatoms. The van der Waals surface area contributed by atoms with E-state index >= 15 is 0 Å². The molecule has 2 nitrogen and oxygen atoms in total. The fourth-order valence-corrected chi connectivity index (χ4v) is 3.86. The molecule has 1 saturated carbocycles. The summed E-state index contributed by atoms with van der Waals surface area (Å²) in [5.74, 6) is 0.310. The Labute approximate surface area is 99.4 Å². The van der Waals surface area contributed by atoms with Gasteiger partial charge >= 0.3 is 0 Å². The molecule has 0 spiro atoms. The van der Waals surface area contributed by atoms with E-state index in [2.05, 4.69) is 18.7 Å². The lowest BCUT2D eigenvalue weighted by Gasteiger charge is -2.47. The van der Waals surface area contributed by atoms with Gasteiger partial charge in [0.2, 0.25) is 0 Å². The molecule has 0 aromatic rings. The third-order valence-electron chi connectivity index (χ3n) is 4.49. The molecule has 1 saturated heterocycles. The number of likely N-dealkylation sites (tertiary alicyclic amines) is 1. The predicted octanol–water partition coefficient (Wildman–Crippen LogP) is 3.01. The third-order valence-corrected chi connectivity index (χ3v) is 4.49. The zero-order valence-corrected chi connectivity index (χ0v) is 10.7. The van der Waals surface area contributed by atoms with Gasteiger partial charge in [-0.05, 0) is 39.5 Å². The molecule has 0 bridgehead atoms. The topological polar surface area (TPSA) is 20.3 Å². The molecule has 16 heavy (non-hydrogen) atoms. The van der Waals surface area contributed by atoms with E-state index in [9.17, 15) is 4.79 Å². The molecule has 0 aromatic heterocycles. The Balaban J connectivity index is 1.99. The van der Waals surface area contributed by atoms with Gasteiger partial charge < -0.3 is 4.79 Å². The largest absolute Gasteiger partial charge is 0.303 e. The van der Waals surface area contributed by atoms with Crippen molar-refractivity contribution in [3.8, 4) is 0 Å². The second-order valence-corrected chi connectivity index (χ2v) is 5.80. The highest BCUT2D eigenvalue weighted by atomic mass is 16.1. The van der Waals surface area contributed by atoms with E-state index in [0.29, 0.717) is 18.0 Å². The molecular weight excluding hydrogens is 198 g/mol. The first-order chi connectivity index (χ1) is 7.72. The summed E-state index contributed by atoms with van der Waals surface area (Å²) in [7, 11) is 0. The Morgan fingerprint density at radius 1 is 1.00 bits per heavy atom. The van der Waals surface area contributed by atoms with Crippen LogP contribution in [0.5, 0.6) is 0 Å². The van der Waals surface area contributed by atoms with Crippen molar-refractivity contribution in [2.45, 2.75) is 76.9 Å². The van der Waals surface area contributed by atoms with Crippen molar-refractivity contribution >= 4 is 6.29 Å². The summed E-state index contributed by atoms with van der Waals surface area (Å²) in [4.78, 5) is 13.6. The van der Waals surface area contributed by atoms with Crippen LogP contribution >= 0.6 is 0 Å². The molecule has 1 heterocycles. The Hall–Kier alpha value is -0.370. The minimum absolute atomic E-state index is 0.310. The number of aldehydes is 1. The van der Waals surface area contributed by atoms with Crippen LogP contribution in [-0.2, 0) is 4.79 Å². The highest BCUT2D eigenvalue weighted by molar-refractivity contribution is 5.53. The molecule has 2 rings (SSSR count). The summed E-state index contributed by atoms with van der Waals surface area (Å²) in [6, 6.07) is 2.00. The highest BCUT2D eigenvalue weighted by Crippen LogP contribution is 2.33. The van der Waals surface area contributed by atoms with Gasteiger partial charge in [0.05, 0.1) is 0 Å². The number of carbonyl (C=O) groups is 1. The minimum atomic E-state index is 0.310. The molecule has 2 aliphatic rings. The van der Waals surface area contributed by atoms with Crippen molar-refractivity contribution in [1.29, 1.82) is 0 Å². The second-order valence-electron chi connectivity index (χ2n) is 5.80. The Morgan fingerprint density at radius 3 is 2.06 bits per heavy atom. The Kier molecular flexibility index (Phi) is 4.01. The molecule has 0 radical (unpaired) electrons. The molecule has 2 atom stereocenters. The summed E-state index contributed by atoms with van der Waals surface area (Å²) in [6.45, 7) is 4.61. The van der Waals surface area contributed by atoms with Gasteiger partial charge in [0.25, 0.3) is 0 Å². The van der Waals surface area contributed by atoms with E-state index in [1.807, 2.05) is 0 Å². The number of piperidine rings is 1. The molecule has 1 aliphatic carbocycles. The number of nitrogens with zero attached hydrogens (tertiary/aromatic N) is 1. The van der Waals surface area contributed by atoms with Gasteiger partial charge in [0.15, 0.2) is 0 Å². The van der Waals surface area contributed by atoms with Crippen molar-refractivity contribution < 1.29 is 4.79 Å². The maximum Gasteiger partial charge on any atom is 0.123 e. The van der Waals surface area contributed by atoms with Crippen LogP contribution in [0.3, 0.4) is 0 Å². The van der Waals surface area contributed by atoms with E-state index in [-0.39, 0.29) is 0 Å². The molecule has 0 N–H and O–H groups in total. The van der Waals surface area contributed by atoms with Crippen LogP contribution in [-0.4, -0.2) is 29.3 Å². The SMILES string of the molecule is C[C@H]1CC(C=O)C[C@H](C)N1C1CCCCC1. The number of carbonyl (C=O) groups excluding carboxylic acids is 1. The van der Waals surface area contributed by atoms with Crippen LogP contribution in [0.15, 0.2) is 0 Å². The van der Waals surface area contributed by atoms with Crippen LogP contribution in [0.1, 0.15) is 58.8 Å². The van der Waals surface area contributed by atoms with E-state index in [1.165, 1.54) is 38.4 Å². The fourth-order valence-electron chi connectivity index (χ4n) is 3.86. The first-order valence-electron chi connectivity index (χ1n) is 6.95. The first-order valence-corrected chi connectivity index (χ1v) is 6.95. The lowest BCUT2D eigenvalue weighted by atomic mass is 9.84. The molecule has 0 aromatic carbocycles. The molecule has 92 valence electrons. The Bertz CT molecular complexity index is 223. The maximum absolute atomic E-state index is 10.9. The Morgan fingerprint density at radius 2 is 1.56 bits per heavy atom. The monoisotopic (exact) mass is 223 g/mol. The average molecular weight is 223 g/mol. The quantitative estimate of drug-likeness (QED) is 0.671. The van der Waals surface area contributed by atoms with E-state index in [4.69, 9.17) is 0 Å². The highest BCUT2D eigenvalue weighted by Gasteiger charge is 2.35. The van der Waals surface area contributed by atoms with Gasteiger partial charge in [0, 0.05) is 24.0 Å². The molecule has 0 amide bonds. The van der Waals surface area contributed by atoms with Gasteiger partial charge in [-0.2, -0.15) is 0 Å². The maximum atomic E-state index is 10.9. The van der Waals surface area contributed by atoms with Crippen LogP contribution in [0.4, 0.5) is 0 Å². The van der Waals surface area contributed by atoms with Gasteiger partial charge in [0.1, 0.15) is 6.29 Å². The number of hydrogen-bond acceptors (Lipinski definition) is 2. The van der Waals surface area contributed by atoms with Crippen LogP contribution in [0.25, 0.3) is 0 Å². The van der Waals surface area contributed by atoms with Crippen molar-refractivity contribution in [3.05, 3.63) is 0 Å². The lowest BCUT2D eigenvalue weighted by molar-refractivity contribution is -0.114. The summed E-state index contributed by atoms with van der Waals surface area (Å²) in [6.07, 6.45) is 10.3. The van der Waals surface area contributed by atoms with Crippen LogP contribution in [0.2, 0.25) is 0 Å². The average Bonchev–Trinajstić information content (AvgIpc) is 2.29. The second kappa shape index (κ2) is 5.31. The normalized spacial score (nSPS) is 38.5. The first kappa shape index (κ1) is 12.1. The van der Waals surface area contributed by atoms with Gasteiger partial charge in [-0.25, -0.2) is 0 Å². The molecule has 2 fully saturated rings. The zero-order chi connectivity index (χ0) is 11.5. The van der Waals surface area contributed by atoms with Crippen molar-refractivity contribution in [2.75, 3.05) is 0 Å². The van der Waals surface area contributed by atoms with Crippen molar-refractivity contribution in [1.82, 2.24) is 4.90 Å². The standard InChI is InChI=1S/C14H25NO/c1-11-8-13(10-16)9-12(2)15(11)14-6-4-3-5-7-14/h10-14H,3-9H2,1-2H3/t11-,12-/m0/s1. The van der Waals surface area contributed by atoms with E-state index in [1.54, 1.807) is 0 Å². The van der Waals surface area contributed by atoms with Crippen LogP contribution < -0.4 is 0 Å². The van der Waals surface area contributed by atoms with Gasteiger partial charge in [-0.3, -0.25) is 4.90 Å². The minimum Gasteiger partial charge on any atom is -0.303 e. The van der Waals surface area contributed by atoms with E-state index in [0.717, 1.165) is 18.9 Å². The summed E-state index contributed by atoms with van der Waals surface area (Å²) < 4.78 is 0.